The summed E-state index contributed by atoms with van der Waals surface area (Å²) in [4.78, 5) is 0. The third-order valence-electron chi connectivity index (χ3n) is 1.45. The molecule has 1 N–H and O–H groups in total. The zero-order valence-electron chi connectivity index (χ0n) is 5.93. The number of aromatic hydroxyl groups is 1. The third kappa shape index (κ3) is 1.28. The summed E-state index contributed by atoms with van der Waals surface area (Å²) in [6.45, 7) is 1.74. The van der Waals surface area contributed by atoms with Crippen LogP contribution in [0.3, 0.4) is 0 Å². The van der Waals surface area contributed by atoms with Crippen LogP contribution in [0.25, 0.3) is 0 Å². The van der Waals surface area contributed by atoms with Gasteiger partial charge in [0.1, 0.15) is 6.07 Å². The molecule has 0 saturated carbocycles. The standard InChI is InChI=1S/C8H6ClNO/c1-5-2-3-7(9)8(11)6(5)4-10/h2-3,11H,1H3. The van der Waals surface area contributed by atoms with Crippen LogP contribution >= 0.6 is 11.6 Å². The summed E-state index contributed by atoms with van der Waals surface area (Å²) in [5.74, 6) is -0.130. The highest BCUT2D eigenvalue weighted by Crippen LogP contribution is 2.28. The Labute approximate surface area is 69.7 Å². The molecule has 0 aliphatic heterocycles. The molecule has 1 aromatic carbocycles. The number of hydrogen-bond acceptors (Lipinski definition) is 2. The Morgan fingerprint density at radius 3 is 2.64 bits per heavy atom. The van der Waals surface area contributed by atoms with E-state index in [0.29, 0.717) is 0 Å². The van der Waals surface area contributed by atoms with E-state index in [9.17, 15) is 5.11 Å². The van der Waals surface area contributed by atoms with Crippen molar-refractivity contribution in [2.45, 2.75) is 6.92 Å². The second-order valence-electron chi connectivity index (χ2n) is 2.20. The molecule has 2 nitrogen and oxygen atoms in total. The molecule has 0 radical (unpaired) electrons. The van der Waals surface area contributed by atoms with Crippen molar-refractivity contribution >= 4 is 11.6 Å². The fourth-order valence-electron chi connectivity index (χ4n) is 0.808. The van der Waals surface area contributed by atoms with Gasteiger partial charge in [-0.05, 0) is 18.6 Å². The molecule has 3 heteroatoms. The van der Waals surface area contributed by atoms with Crippen molar-refractivity contribution in [1.29, 1.82) is 5.26 Å². The Balaban J connectivity index is 3.44. The van der Waals surface area contributed by atoms with Crippen LogP contribution in [0.5, 0.6) is 5.75 Å². The van der Waals surface area contributed by atoms with Gasteiger partial charge in [-0.1, -0.05) is 17.7 Å². The molecule has 1 aromatic rings. The molecule has 11 heavy (non-hydrogen) atoms. The summed E-state index contributed by atoms with van der Waals surface area (Å²) < 4.78 is 0. The minimum atomic E-state index is -0.130. The van der Waals surface area contributed by atoms with Gasteiger partial charge in [0.25, 0.3) is 0 Å². The first-order valence-electron chi connectivity index (χ1n) is 3.05. The summed E-state index contributed by atoms with van der Waals surface area (Å²) in [5, 5.41) is 18.0. The SMILES string of the molecule is Cc1ccc(Cl)c(O)c1C#N. The van der Waals surface area contributed by atoms with Crippen molar-refractivity contribution < 1.29 is 5.11 Å². The summed E-state index contributed by atoms with van der Waals surface area (Å²) >= 11 is 5.56. The van der Waals surface area contributed by atoms with E-state index in [1.807, 2.05) is 6.07 Å². The Morgan fingerprint density at radius 1 is 1.55 bits per heavy atom. The summed E-state index contributed by atoms with van der Waals surface area (Å²) in [6.07, 6.45) is 0. The van der Waals surface area contributed by atoms with Crippen molar-refractivity contribution in [3.05, 3.63) is 28.3 Å². The molecule has 0 fully saturated rings. The molecule has 0 bridgehead atoms. The summed E-state index contributed by atoms with van der Waals surface area (Å²) in [6, 6.07) is 5.13. The van der Waals surface area contributed by atoms with Crippen molar-refractivity contribution in [3.63, 3.8) is 0 Å². The van der Waals surface area contributed by atoms with E-state index in [1.165, 1.54) is 0 Å². The second-order valence-corrected chi connectivity index (χ2v) is 2.61. The molecule has 0 aliphatic rings. The van der Waals surface area contributed by atoms with Crippen LogP contribution in [0.15, 0.2) is 12.1 Å². The smallest absolute Gasteiger partial charge is 0.152 e. The number of aryl methyl sites for hydroxylation is 1. The first kappa shape index (κ1) is 7.90. The molecule has 0 heterocycles. The zero-order chi connectivity index (χ0) is 8.43. The van der Waals surface area contributed by atoms with Crippen molar-refractivity contribution in [2.24, 2.45) is 0 Å². The molecular formula is C8H6ClNO. The van der Waals surface area contributed by atoms with Crippen LogP contribution in [0.4, 0.5) is 0 Å². The topological polar surface area (TPSA) is 44.0 Å². The number of phenols is 1. The molecule has 0 unspecified atom stereocenters. The minimum Gasteiger partial charge on any atom is -0.505 e. The Bertz CT molecular complexity index is 328. The van der Waals surface area contributed by atoms with Crippen LogP contribution in [0.1, 0.15) is 11.1 Å². The lowest BCUT2D eigenvalue weighted by molar-refractivity contribution is 0.473. The maximum Gasteiger partial charge on any atom is 0.152 e. The fraction of sp³-hybridized carbons (Fsp3) is 0.125. The van der Waals surface area contributed by atoms with Crippen molar-refractivity contribution in [1.82, 2.24) is 0 Å². The van der Waals surface area contributed by atoms with Crippen LogP contribution < -0.4 is 0 Å². The molecule has 56 valence electrons. The van der Waals surface area contributed by atoms with E-state index in [4.69, 9.17) is 16.9 Å². The molecular weight excluding hydrogens is 162 g/mol. The monoisotopic (exact) mass is 167 g/mol. The molecule has 0 amide bonds. The van der Waals surface area contributed by atoms with Crippen molar-refractivity contribution in [2.75, 3.05) is 0 Å². The maximum atomic E-state index is 9.22. The Hall–Kier alpha value is -1.20. The van der Waals surface area contributed by atoms with Gasteiger partial charge in [-0.3, -0.25) is 0 Å². The Morgan fingerprint density at radius 2 is 2.18 bits per heavy atom. The first-order valence-corrected chi connectivity index (χ1v) is 3.42. The van der Waals surface area contributed by atoms with E-state index in [0.717, 1.165) is 5.56 Å². The number of nitrogens with zero attached hydrogens (tertiary/aromatic N) is 1. The summed E-state index contributed by atoms with van der Waals surface area (Å²) in [5.41, 5.74) is 0.979. The average Bonchev–Trinajstić information content (AvgIpc) is 1.99. The predicted octanol–water partition coefficient (Wildman–Crippen LogP) is 2.23. The second kappa shape index (κ2) is 2.81. The van der Waals surface area contributed by atoms with Crippen molar-refractivity contribution in [3.8, 4) is 11.8 Å². The molecule has 1 rings (SSSR count). The quantitative estimate of drug-likeness (QED) is 0.644. The predicted molar refractivity (Wildman–Crippen MR) is 42.6 cm³/mol. The van der Waals surface area contributed by atoms with Gasteiger partial charge in [-0.15, -0.1) is 0 Å². The molecule has 0 saturated heterocycles. The third-order valence-corrected chi connectivity index (χ3v) is 1.75. The van der Waals surface area contributed by atoms with Gasteiger partial charge in [0.15, 0.2) is 5.75 Å². The van der Waals surface area contributed by atoms with Gasteiger partial charge in [-0.25, -0.2) is 0 Å². The van der Waals surface area contributed by atoms with Gasteiger partial charge in [0, 0.05) is 0 Å². The number of phenolic OH excluding ortho intramolecular Hbond substituents is 1. The Kier molecular flexibility index (Phi) is 2.02. The van der Waals surface area contributed by atoms with Gasteiger partial charge < -0.3 is 5.11 Å². The largest absolute Gasteiger partial charge is 0.505 e. The number of benzene rings is 1. The minimum absolute atomic E-state index is 0.130. The maximum absolute atomic E-state index is 9.22. The molecule has 0 aromatic heterocycles. The molecule has 0 atom stereocenters. The van der Waals surface area contributed by atoms with Gasteiger partial charge >= 0.3 is 0 Å². The van der Waals surface area contributed by atoms with Crippen LogP contribution in [0.2, 0.25) is 5.02 Å². The van der Waals surface area contributed by atoms with Gasteiger partial charge in [0.2, 0.25) is 0 Å². The van der Waals surface area contributed by atoms with E-state index in [1.54, 1.807) is 19.1 Å². The highest BCUT2D eigenvalue weighted by Gasteiger charge is 2.06. The fourth-order valence-corrected chi connectivity index (χ4v) is 0.965. The normalized spacial score (nSPS) is 9.18. The number of rotatable bonds is 0. The van der Waals surface area contributed by atoms with E-state index in [-0.39, 0.29) is 16.3 Å². The highest BCUT2D eigenvalue weighted by atomic mass is 35.5. The van der Waals surface area contributed by atoms with Gasteiger partial charge in [-0.2, -0.15) is 5.26 Å². The number of nitriles is 1. The zero-order valence-corrected chi connectivity index (χ0v) is 6.68. The number of halogens is 1. The average molecular weight is 168 g/mol. The lowest BCUT2D eigenvalue weighted by Gasteiger charge is -2.00. The van der Waals surface area contributed by atoms with Gasteiger partial charge in [0.05, 0.1) is 10.6 Å². The van der Waals surface area contributed by atoms with E-state index in [2.05, 4.69) is 0 Å². The lowest BCUT2D eigenvalue weighted by atomic mass is 10.1. The van der Waals surface area contributed by atoms with Crippen LogP contribution in [0, 0.1) is 18.3 Å². The lowest BCUT2D eigenvalue weighted by Crippen LogP contribution is -1.82. The van der Waals surface area contributed by atoms with Crippen LogP contribution in [-0.2, 0) is 0 Å². The molecule has 0 spiro atoms. The first-order chi connectivity index (χ1) is 5.16. The summed E-state index contributed by atoms with van der Waals surface area (Å²) in [7, 11) is 0. The van der Waals surface area contributed by atoms with E-state index >= 15 is 0 Å². The number of hydrogen-bond donors (Lipinski definition) is 1. The highest BCUT2D eigenvalue weighted by molar-refractivity contribution is 6.32. The van der Waals surface area contributed by atoms with E-state index < -0.39 is 0 Å². The molecule has 0 aliphatic carbocycles. The van der Waals surface area contributed by atoms with Crippen LogP contribution in [-0.4, -0.2) is 5.11 Å².